The van der Waals surface area contributed by atoms with Gasteiger partial charge in [-0.3, -0.25) is 4.57 Å². The van der Waals surface area contributed by atoms with Gasteiger partial charge in [0.25, 0.3) is 5.76 Å². The van der Waals surface area contributed by atoms with E-state index in [-0.39, 0.29) is 37.8 Å². The summed E-state index contributed by atoms with van der Waals surface area (Å²) in [5, 5.41) is -0.863. The average molecular weight is 414 g/mol. The van der Waals surface area contributed by atoms with Crippen molar-refractivity contribution in [2.24, 2.45) is 0 Å². The van der Waals surface area contributed by atoms with Gasteiger partial charge in [0.15, 0.2) is 5.16 Å². The quantitative estimate of drug-likeness (QED) is 0.451. The lowest BCUT2D eigenvalue weighted by molar-refractivity contribution is -0.274. The Kier molecular flexibility index (Phi) is 5.55. The van der Waals surface area contributed by atoms with E-state index >= 15 is 0 Å². The van der Waals surface area contributed by atoms with Crippen LogP contribution in [0.3, 0.4) is 0 Å². The van der Waals surface area contributed by atoms with Gasteiger partial charge in [-0.15, -0.1) is 13.2 Å². The van der Waals surface area contributed by atoms with Crippen molar-refractivity contribution >= 4 is 46.6 Å². The maximum Gasteiger partial charge on any atom is 0.573 e. The van der Waals surface area contributed by atoms with E-state index in [2.05, 4.69) is 9.72 Å². The second-order valence-corrected chi connectivity index (χ2v) is 6.04. The van der Waals surface area contributed by atoms with Crippen LogP contribution in [0, 0.1) is 0 Å². The largest absolute Gasteiger partial charge is 0.573 e. The van der Waals surface area contributed by atoms with Gasteiger partial charge in [0, 0.05) is 18.3 Å². The Hall–Kier alpha value is -0.900. The van der Waals surface area contributed by atoms with Gasteiger partial charge in [-0.25, -0.2) is 4.98 Å². The number of aromatic nitrogens is 2. The number of alkyl halides is 5. The highest BCUT2D eigenvalue weighted by Gasteiger charge is 2.32. The number of thioether (sulfide) groups is 1. The van der Waals surface area contributed by atoms with Gasteiger partial charge in [-0.1, -0.05) is 34.8 Å². The monoisotopic (exact) mass is 412 g/mol. The summed E-state index contributed by atoms with van der Waals surface area (Å²) in [6.45, 7) is 0. The molecule has 0 aliphatic carbocycles. The molecule has 0 fully saturated rings. The first-order chi connectivity index (χ1) is 10.6. The number of benzene rings is 1. The van der Waals surface area contributed by atoms with Gasteiger partial charge in [-0.05, 0) is 11.8 Å². The van der Waals surface area contributed by atoms with E-state index in [1.807, 2.05) is 0 Å². The topological polar surface area (TPSA) is 27.1 Å². The molecule has 1 heterocycles. The van der Waals surface area contributed by atoms with Crippen LogP contribution in [-0.2, 0) is 0 Å². The fourth-order valence-electron chi connectivity index (χ4n) is 1.62. The summed E-state index contributed by atoms with van der Waals surface area (Å²) in [5.41, 5.74) is -0.0505. The molecule has 0 bridgehead atoms. The number of hydrogen-bond acceptors (Lipinski definition) is 3. The normalized spacial score (nSPS) is 12.0. The van der Waals surface area contributed by atoms with Crippen LogP contribution < -0.4 is 4.74 Å². The van der Waals surface area contributed by atoms with E-state index in [1.165, 1.54) is 0 Å². The van der Waals surface area contributed by atoms with Gasteiger partial charge >= 0.3 is 6.36 Å². The lowest BCUT2D eigenvalue weighted by Crippen LogP contribution is -2.17. The van der Waals surface area contributed by atoms with Crippen LogP contribution in [0.25, 0.3) is 5.69 Å². The Labute approximate surface area is 145 Å². The van der Waals surface area contributed by atoms with E-state index in [9.17, 15) is 22.0 Å². The van der Waals surface area contributed by atoms with Crippen molar-refractivity contribution in [1.82, 2.24) is 9.55 Å². The van der Waals surface area contributed by atoms with Crippen molar-refractivity contribution in [1.29, 1.82) is 0 Å². The minimum atomic E-state index is -4.93. The first-order valence-corrected chi connectivity index (χ1v) is 7.53. The number of imidazole rings is 1. The van der Waals surface area contributed by atoms with E-state index < -0.39 is 17.9 Å². The molecule has 0 atom stereocenters. The average Bonchev–Trinajstić information content (AvgIpc) is 2.65. The van der Waals surface area contributed by atoms with Gasteiger partial charge in [0.1, 0.15) is 10.9 Å². The molecule has 1 aromatic carbocycles. The Balaban J connectivity index is 2.49. The van der Waals surface area contributed by atoms with Gasteiger partial charge < -0.3 is 4.74 Å². The van der Waals surface area contributed by atoms with Crippen molar-refractivity contribution < 1.29 is 26.7 Å². The molecule has 0 aliphatic rings. The highest BCUT2D eigenvalue weighted by molar-refractivity contribution is 7.99. The van der Waals surface area contributed by atoms with Crippen LogP contribution in [-0.4, -0.2) is 21.7 Å². The van der Waals surface area contributed by atoms with Crippen molar-refractivity contribution in [3.8, 4) is 11.4 Å². The zero-order chi connectivity index (χ0) is 17.4. The summed E-state index contributed by atoms with van der Waals surface area (Å²) in [5.74, 6) is -3.44. The molecule has 2 aromatic rings. The second kappa shape index (κ2) is 6.92. The molecule has 0 unspecified atom stereocenters. The van der Waals surface area contributed by atoms with E-state index in [0.29, 0.717) is 0 Å². The SMILES string of the molecule is FC(F)Sc1nc(Cl)cn1-c1c(Cl)cc(OC(F)(F)F)cc1Cl. The van der Waals surface area contributed by atoms with Crippen LogP contribution in [0.15, 0.2) is 23.5 Å². The molecule has 0 amide bonds. The van der Waals surface area contributed by atoms with E-state index in [0.717, 1.165) is 22.9 Å². The molecule has 0 aliphatic heterocycles. The van der Waals surface area contributed by atoms with Crippen LogP contribution in [0.5, 0.6) is 5.75 Å². The van der Waals surface area contributed by atoms with E-state index in [4.69, 9.17) is 34.8 Å². The third-order valence-corrected chi connectivity index (χ3v) is 3.74. The zero-order valence-corrected chi connectivity index (χ0v) is 13.6. The number of rotatable bonds is 4. The fourth-order valence-corrected chi connectivity index (χ4v) is 3.07. The zero-order valence-electron chi connectivity index (χ0n) is 10.5. The summed E-state index contributed by atoms with van der Waals surface area (Å²) < 4.78 is 66.5. The minimum absolute atomic E-state index is 0.0505. The summed E-state index contributed by atoms with van der Waals surface area (Å²) in [7, 11) is 0. The summed E-state index contributed by atoms with van der Waals surface area (Å²) in [6.07, 6.45) is -3.77. The molecular weight excluding hydrogens is 410 g/mol. The van der Waals surface area contributed by atoms with Crippen molar-refractivity contribution in [3.05, 3.63) is 33.5 Å². The minimum Gasteiger partial charge on any atom is -0.406 e. The molecule has 12 heteroatoms. The Bertz CT molecular complexity index is 699. The maximum absolute atomic E-state index is 12.5. The fraction of sp³-hybridized carbons (Fsp3) is 0.182. The Morgan fingerprint density at radius 2 is 1.70 bits per heavy atom. The summed E-state index contributed by atoms with van der Waals surface area (Å²) in [4.78, 5) is 3.67. The molecule has 126 valence electrons. The van der Waals surface area contributed by atoms with Crippen LogP contribution in [0.1, 0.15) is 0 Å². The Morgan fingerprint density at radius 1 is 1.13 bits per heavy atom. The number of ether oxygens (including phenoxy) is 1. The third-order valence-electron chi connectivity index (χ3n) is 2.30. The van der Waals surface area contributed by atoms with Gasteiger partial charge in [0.2, 0.25) is 0 Å². The highest BCUT2D eigenvalue weighted by atomic mass is 35.5. The van der Waals surface area contributed by atoms with Crippen molar-refractivity contribution in [3.63, 3.8) is 0 Å². The third kappa shape index (κ3) is 4.79. The van der Waals surface area contributed by atoms with Crippen LogP contribution >= 0.6 is 46.6 Å². The standard InChI is InChI=1S/C11H4Cl3F5N2OS/c12-5-1-4(22-11(17,18)19)2-6(13)8(5)21-3-7(14)20-10(21)23-9(15)16/h1-3,9H. The summed E-state index contributed by atoms with van der Waals surface area (Å²) >= 11 is 17.5. The molecule has 0 N–H and O–H groups in total. The smallest absolute Gasteiger partial charge is 0.406 e. The number of nitrogens with zero attached hydrogens (tertiary/aromatic N) is 2. The van der Waals surface area contributed by atoms with Crippen molar-refractivity contribution in [2.45, 2.75) is 17.3 Å². The van der Waals surface area contributed by atoms with Crippen LogP contribution in [0.2, 0.25) is 15.2 Å². The number of halogens is 8. The number of hydrogen-bond donors (Lipinski definition) is 0. The molecular formula is C11H4Cl3F5N2OS. The summed E-state index contributed by atoms with van der Waals surface area (Å²) in [6, 6.07) is 1.70. The maximum atomic E-state index is 12.5. The van der Waals surface area contributed by atoms with Gasteiger partial charge in [0.05, 0.1) is 15.7 Å². The molecule has 23 heavy (non-hydrogen) atoms. The molecule has 3 nitrogen and oxygen atoms in total. The van der Waals surface area contributed by atoms with E-state index in [1.54, 1.807) is 0 Å². The Morgan fingerprint density at radius 3 is 2.17 bits per heavy atom. The first-order valence-electron chi connectivity index (χ1n) is 5.51. The predicted molar refractivity (Wildman–Crippen MR) is 77.1 cm³/mol. The molecule has 0 saturated heterocycles. The lowest BCUT2D eigenvalue weighted by Gasteiger charge is -2.14. The first kappa shape index (κ1) is 18.4. The lowest BCUT2D eigenvalue weighted by atomic mass is 10.3. The second-order valence-electron chi connectivity index (χ2n) is 3.88. The molecule has 1 aromatic heterocycles. The van der Waals surface area contributed by atoms with Gasteiger partial charge in [-0.2, -0.15) is 8.78 Å². The highest BCUT2D eigenvalue weighted by Crippen LogP contribution is 2.38. The molecule has 0 spiro atoms. The molecule has 0 saturated carbocycles. The van der Waals surface area contributed by atoms with Crippen LogP contribution in [0.4, 0.5) is 22.0 Å². The molecule has 0 radical (unpaired) electrons. The molecule has 2 rings (SSSR count). The van der Waals surface area contributed by atoms with Crippen molar-refractivity contribution in [2.75, 3.05) is 0 Å². The predicted octanol–water partition coefficient (Wildman–Crippen LogP) is 6.05.